The molecule has 0 aliphatic rings. The average Bonchev–Trinajstić information content (AvgIpc) is 3.27. The quantitative estimate of drug-likeness (QED) is 0.317. The van der Waals surface area contributed by atoms with E-state index in [-0.39, 0.29) is 20.1 Å². The van der Waals surface area contributed by atoms with Gasteiger partial charge in [0.05, 0.1) is 12.2 Å². The first-order valence-corrected chi connectivity index (χ1v) is 9.47. The molecule has 1 radical (unpaired) electrons. The fourth-order valence-corrected chi connectivity index (χ4v) is 3.67. The van der Waals surface area contributed by atoms with Crippen LogP contribution in [0.5, 0.6) is 0 Å². The van der Waals surface area contributed by atoms with Gasteiger partial charge in [-0.2, -0.15) is 0 Å². The van der Waals surface area contributed by atoms with Gasteiger partial charge in [-0.15, -0.1) is 23.8 Å². The summed E-state index contributed by atoms with van der Waals surface area (Å²) in [6.45, 7) is 8.97. The summed E-state index contributed by atoms with van der Waals surface area (Å²) < 4.78 is 4.25. The molecule has 0 spiro atoms. The predicted octanol–water partition coefficient (Wildman–Crippen LogP) is 5.47. The molecule has 28 heavy (non-hydrogen) atoms. The Morgan fingerprint density at radius 1 is 1.00 bits per heavy atom. The molecular weight excluding hydrogens is 524 g/mol. The fraction of sp³-hybridized carbons (Fsp3) is 0.304. The van der Waals surface area contributed by atoms with Crippen molar-refractivity contribution in [3.05, 3.63) is 66.2 Å². The zero-order valence-corrected chi connectivity index (χ0v) is 19.3. The number of aromatic nitrogens is 4. The van der Waals surface area contributed by atoms with Crippen LogP contribution in [-0.4, -0.2) is 19.1 Å². The van der Waals surface area contributed by atoms with Gasteiger partial charge in [-0.05, 0) is 28.5 Å². The number of hydrogen-bond donors (Lipinski definition) is 0. The first kappa shape index (κ1) is 20.5. The SMILES string of the molecule is CC(C)c1cccc(C(C)C)c1-n1ccnc1-c1[c-]cc2ncn(C)c2c1.[Ir]. The van der Waals surface area contributed by atoms with Gasteiger partial charge in [-0.1, -0.05) is 45.9 Å². The maximum absolute atomic E-state index is 4.69. The van der Waals surface area contributed by atoms with Gasteiger partial charge in [0.25, 0.3) is 0 Å². The second kappa shape index (κ2) is 8.02. The second-order valence-corrected chi connectivity index (χ2v) is 7.69. The molecule has 4 rings (SSSR count). The third kappa shape index (κ3) is 3.45. The number of benzene rings is 2. The van der Waals surface area contributed by atoms with Crippen molar-refractivity contribution in [1.82, 2.24) is 19.1 Å². The molecule has 0 amide bonds. The number of nitrogens with zero attached hydrogens (tertiary/aromatic N) is 4. The summed E-state index contributed by atoms with van der Waals surface area (Å²) in [5.74, 6) is 1.77. The van der Waals surface area contributed by atoms with Crippen LogP contribution in [0, 0.1) is 6.07 Å². The van der Waals surface area contributed by atoms with Crippen molar-refractivity contribution in [2.75, 3.05) is 0 Å². The molecule has 147 valence electrons. The molecule has 5 heteroatoms. The number of fused-ring (bicyclic) bond motifs is 1. The number of aryl methyl sites for hydroxylation is 1. The summed E-state index contributed by atoms with van der Waals surface area (Å²) in [7, 11) is 2.01. The molecule has 0 saturated heterocycles. The van der Waals surface area contributed by atoms with Crippen molar-refractivity contribution in [1.29, 1.82) is 0 Å². The summed E-state index contributed by atoms with van der Waals surface area (Å²) in [5.41, 5.74) is 6.92. The summed E-state index contributed by atoms with van der Waals surface area (Å²) >= 11 is 0. The standard InChI is InChI=1S/C23H25N4.Ir/c1-15(2)18-7-6-8-19(16(3)4)22(18)27-12-11-24-23(27)17-9-10-20-21(13-17)26(5)14-25-20;/h6-8,10-16H,1-5H3;/q-1;. The number of imidazole rings is 2. The van der Waals surface area contributed by atoms with Crippen LogP contribution in [0.4, 0.5) is 0 Å². The van der Waals surface area contributed by atoms with Gasteiger partial charge in [0.2, 0.25) is 0 Å². The zero-order chi connectivity index (χ0) is 19.1. The smallest absolute Gasteiger partial charge is 0.0833 e. The third-order valence-corrected chi connectivity index (χ3v) is 5.12. The van der Waals surface area contributed by atoms with E-state index in [2.05, 4.69) is 78.8 Å². The Morgan fingerprint density at radius 3 is 2.32 bits per heavy atom. The van der Waals surface area contributed by atoms with E-state index in [0.717, 1.165) is 22.4 Å². The van der Waals surface area contributed by atoms with E-state index in [0.29, 0.717) is 11.8 Å². The Hall–Kier alpha value is -2.23. The van der Waals surface area contributed by atoms with Crippen LogP contribution in [0.1, 0.15) is 50.7 Å². The van der Waals surface area contributed by atoms with Crippen molar-refractivity contribution in [2.24, 2.45) is 7.05 Å². The van der Waals surface area contributed by atoms with Crippen molar-refractivity contribution < 1.29 is 20.1 Å². The molecule has 0 fully saturated rings. The second-order valence-electron chi connectivity index (χ2n) is 7.69. The minimum atomic E-state index is 0. The van der Waals surface area contributed by atoms with Crippen molar-refractivity contribution >= 4 is 11.0 Å². The van der Waals surface area contributed by atoms with Gasteiger partial charge in [-0.3, -0.25) is 9.97 Å². The van der Waals surface area contributed by atoms with Crippen LogP contribution < -0.4 is 0 Å². The summed E-state index contributed by atoms with van der Waals surface area (Å²) in [4.78, 5) is 9.09. The van der Waals surface area contributed by atoms with E-state index in [1.807, 2.05) is 30.2 Å². The molecule has 0 saturated carbocycles. The van der Waals surface area contributed by atoms with Crippen LogP contribution >= 0.6 is 0 Å². The van der Waals surface area contributed by atoms with E-state index in [4.69, 9.17) is 0 Å². The largest absolute Gasteiger partial charge is 0.352 e. The topological polar surface area (TPSA) is 35.6 Å². The summed E-state index contributed by atoms with van der Waals surface area (Å²) in [6.07, 6.45) is 5.77. The molecule has 2 aromatic heterocycles. The first-order chi connectivity index (χ1) is 13.0. The maximum Gasteiger partial charge on any atom is 0.0833 e. The Labute approximate surface area is 180 Å². The van der Waals surface area contributed by atoms with Gasteiger partial charge in [0.1, 0.15) is 0 Å². The number of rotatable bonds is 4. The van der Waals surface area contributed by atoms with Gasteiger partial charge < -0.3 is 9.13 Å². The average molecular weight is 550 g/mol. The number of hydrogen-bond acceptors (Lipinski definition) is 2. The monoisotopic (exact) mass is 550 g/mol. The van der Waals surface area contributed by atoms with E-state index < -0.39 is 0 Å². The Bertz CT molecular complexity index is 1080. The fourth-order valence-electron chi connectivity index (χ4n) is 3.67. The number of para-hydroxylation sites is 1. The molecule has 0 bridgehead atoms. The summed E-state index contributed by atoms with van der Waals surface area (Å²) in [5, 5.41) is 0. The molecule has 0 unspecified atom stereocenters. The van der Waals surface area contributed by atoms with Crippen LogP contribution in [0.3, 0.4) is 0 Å². The minimum Gasteiger partial charge on any atom is -0.352 e. The van der Waals surface area contributed by atoms with Crippen LogP contribution in [-0.2, 0) is 27.2 Å². The van der Waals surface area contributed by atoms with Crippen LogP contribution in [0.2, 0.25) is 0 Å². The van der Waals surface area contributed by atoms with E-state index in [1.54, 1.807) is 0 Å². The normalized spacial score (nSPS) is 11.4. The molecule has 0 atom stereocenters. The van der Waals surface area contributed by atoms with Gasteiger partial charge in [0.15, 0.2) is 0 Å². The van der Waals surface area contributed by atoms with Gasteiger partial charge in [0, 0.05) is 50.8 Å². The molecule has 0 N–H and O–H groups in total. The maximum atomic E-state index is 4.69. The Kier molecular flexibility index (Phi) is 5.87. The van der Waals surface area contributed by atoms with E-state index >= 15 is 0 Å². The van der Waals surface area contributed by atoms with Crippen LogP contribution in [0.15, 0.2) is 49.1 Å². The molecule has 4 aromatic rings. The molecule has 0 aliphatic carbocycles. The van der Waals surface area contributed by atoms with Gasteiger partial charge in [-0.25, -0.2) is 0 Å². The molecular formula is C23H25IrN4-. The minimum absolute atomic E-state index is 0. The third-order valence-electron chi connectivity index (χ3n) is 5.12. The predicted molar refractivity (Wildman–Crippen MR) is 110 cm³/mol. The molecule has 2 aromatic carbocycles. The van der Waals surface area contributed by atoms with Gasteiger partial charge >= 0.3 is 0 Å². The molecule has 0 aliphatic heterocycles. The van der Waals surface area contributed by atoms with E-state index in [9.17, 15) is 0 Å². The van der Waals surface area contributed by atoms with Crippen molar-refractivity contribution in [3.8, 4) is 17.1 Å². The molecule has 4 nitrogen and oxygen atoms in total. The first-order valence-electron chi connectivity index (χ1n) is 9.47. The Balaban J connectivity index is 0.00000225. The zero-order valence-electron chi connectivity index (χ0n) is 16.9. The van der Waals surface area contributed by atoms with Crippen molar-refractivity contribution in [2.45, 2.75) is 39.5 Å². The van der Waals surface area contributed by atoms with E-state index in [1.165, 1.54) is 16.8 Å². The van der Waals surface area contributed by atoms with Crippen molar-refractivity contribution in [3.63, 3.8) is 0 Å². The van der Waals surface area contributed by atoms with Crippen LogP contribution in [0.25, 0.3) is 28.1 Å². The Morgan fingerprint density at radius 2 is 1.68 bits per heavy atom. The summed E-state index contributed by atoms with van der Waals surface area (Å²) in [6, 6.07) is 14.1. The molecule has 2 heterocycles.